The van der Waals surface area contributed by atoms with Crippen LogP contribution in [0.1, 0.15) is 211 Å². The zero-order chi connectivity index (χ0) is 48.3. The van der Waals surface area contributed by atoms with E-state index in [1.54, 1.807) is 0 Å². The van der Waals surface area contributed by atoms with E-state index in [1.165, 1.54) is 50.1 Å². The van der Waals surface area contributed by atoms with E-state index >= 15 is 4.57 Å². The molecule has 0 bridgehead atoms. The van der Waals surface area contributed by atoms with Crippen LogP contribution in [0.15, 0.2) is 89.5 Å². The maximum absolute atomic E-state index is 16.9. The van der Waals surface area contributed by atoms with Gasteiger partial charge in [0.25, 0.3) is 0 Å². The summed E-state index contributed by atoms with van der Waals surface area (Å²) in [5.74, 6) is 2.96. The molecule has 12 atom stereocenters. The molecule has 0 spiro atoms. The summed E-state index contributed by atoms with van der Waals surface area (Å²) in [4.78, 5) is 0. The monoisotopic (exact) mass is 939 g/mol. The zero-order valence-electron chi connectivity index (χ0n) is 44.2. The molecule has 4 nitrogen and oxygen atoms in total. The summed E-state index contributed by atoms with van der Waals surface area (Å²) in [6.07, 6.45) is 18.6. The second-order valence-corrected chi connectivity index (χ2v) is 26.1. The Morgan fingerprint density at radius 3 is 0.985 bits per heavy atom. The van der Waals surface area contributed by atoms with Gasteiger partial charge in [0.05, 0.1) is 18.3 Å². The Hall–Kier alpha value is -3.01. The van der Waals surface area contributed by atoms with Crippen LogP contribution < -0.4 is 0 Å². The number of hydrogen-bond donors (Lipinski definition) is 0. The molecule has 3 aromatic rings. The van der Waals surface area contributed by atoms with Gasteiger partial charge in [-0.1, -0.05) is 191 Å². The summed E-state index contributed by atoms with van der Waals surface area (Å²) >= 11 is 0. The van der Waals surface area contributed by atoms with E-state index in [1.807, 2.05) is 0 Å². The molecule has 0 radical (unpaired) electrons. The average Bonchev–Trinajstić information content (AvgIpc) is 4.01. The van der Waals surface area contributed by atoms with Gasteiger partial charge in [0.2, 0.25) is 0 Å². The molecule has 9 rings (SSSR count). The van der Waals surface area contributed by atoms with E-state index in [9.17, 15) is 0 Å². The first-order chi connectivity index (χ1) is 32.4. The highest BCUT2D eigenvalue weighted by Crippen LogP contribution is 2.65. The number of allylic oxidation sites excluding steroid dienone is 3. The van der Waals surface area contributed by atoms with Gasteiger partial charge in [-0.3, -0.25) is 13.6 Å². The van der Waals surface area contributed by atoms with Crippen LogP contribution in [0.4, 0.5) is 0 Å². The molecule has 0 aliphatic heterocycles. The first-order valence-electron chi connectivity index (χ1n) is 27.5. The summed E-state index contributed by atoms with van der Waals surface area (Å²) in [6, 6.07) is 27.0. The molecule has 3 aromatic carbocycles. The van der Waals surface area contributed by atoms with Crippen molar-refractivity contribution in [3.8, 4) is 0 Å². The predicted octanol–water partition coefficient (Wildman–Crippen LogP) is 18.4. The van der Waals surface area contributed by atoms with Crippen LogP contribution >= 0.6 is 7.82 Å². The lowest BCUT2D eigenvalue weighted by Gasteiger charge is -2.50. The highest BCUT2D eigenvalue weighted by molar-refractivity contribution is 7.48. The number of hydrogen-bond acceptors (Lipinski definition) is 4. The normalized spacial score (nSPS) is 35.5. The fourth-order valence-corrected chi connectivity index (χ4v) is 17.2. The van der Waals surface area contributed by atoms with Crippen molar-refractivity contribution in [1.82, 2.24) is 0 Å². The molecule has 0 amide bonds. The molecular weight excluding hydrogens is 852 g/mol. The van der Waals surface area contributed by atoms with Gasteiger partial charge in [-0.25, -0.2) is 4.57 Å². The minimum Gasteiger partial charge on any atom is -0.283 e. The van der Waals surface area contributed by atoms with E-state index in [0.717, 1.165) is 77.0 Å². The smallest absolute Gasteiger partial charge is 0.283 e. The standard InChI is InChI=1S/C63H87O4P/c1-13-46-52-25-19-16-22-43(52)34-55(46)61(10)31-28-49(40(4)5)58(37-61)65-68(64,66-59-38-62(11,32-29-50(59)41(6)7)56-35-44-23-17-20-26-53(44)47(56)14-2)67-60-39-63(12,33-30-51(60)42(8)9)57-36-45-24-18-21-27-54(45)48(57)15-3/h16-27,34-36,40-42,46-51,58-60H,13-15,28-33,37-39H2,1-12H3. The van der Waals surface area contributed by atoms with Crippen molar-refractivity contribution in [2.75, 3.05) is 0 Å². The van der Waals surface area contributed by atoms with Gasteiger partial charge in [-0.15, -0.1) is 0 Å². The number of phosphoric ester groups is 1. The van der Waals surface area contributed by atoms with Crippen LogP contribution in [0.25, 0.3) is 18.2 Å². The third kappa shape index (κ3) is 9.22. The SMILES string of the molecule is CCC1C(C2(C)CCC(C(C)C)C(OP(=O)(OC3CC(C)(C4=Cc5ccccc5C4CC)CCC3C(C)C)OC3CC(C)(C4=Cc5ccccc5C4CC)CCC3C(C)C)C2)=Cc2ccccc21. The first-order valence-corrected chi connectivity index (χ1v) is 29.0. The van der Waals surface area contributed by atoms with Crippen molar-refractivity contribution >= 4 is 26.1 Å². The van der Waals surface area contributed by atoms with Crippen molar-refractivity contribution < 1.29 is 18.1 Å². The summed E-state index contributed by atoms with van der Waals surface area (Å²) in [5, 5.41) is 0. The molecule has 368 valence electrons. The van der Waals surface area contributed by atoms with Crippen LogP contribution in [0.3, 0.4) is 0 Å². The summed E-state index contributed by atoms with van der Waals surface area (Å²) in [7, 11) is -4.22. The van der Waals surface area contributed by atoms with Crippen LogP contribution in [0.5, 0.6) is 0 Å². The van der Waals surface area contributed by atoms with Gasteiger partial charge >= 0.3 is 7.82 Å². The van der Waals surface area contributed by atoms with Gasteiger partial charge < -0.3 is 0 Å². The highest BCUT2D eigenvalue weighted by Gasteiger charge is 2.54. The van der Waals surface area contributed by atoms with Crippen LogP contribution in [0, 0.1) is 51.8 Å². The fraction of sp³-hybridized carbons (Fsp3) is 0.619. The van der Waals surface area contributed by atoms with E-state index < -0.39 is 7.82 Å². The molecule has 6 aliphatic rings. The number of phosphoric acid groups is 1. The number of rotatable bonds is 15. The van der Waals surface area contributed by atoms with Crippen LogP contribution in [-0.4, -0.2) is 18.3 Å². The largest absolute Gasteiger partial charge is 0.475 e. The molecule has 3 saturated carbocycles. The van der Waals surface area contributed by atoms with Crippen molar-refractivity contribution in [2.24, 2.45) is 51.8 Å². The highest BCUT2D eigenvalue weighted by atomic mass is 31.2. The molecule has 0 N–H and O–H groups in total. The zero-order valence-corrected chi connectivity index (χ0v) is 45.0. The second kappa shape index (κ2) is 19.5. The van der Waals surface area contributed by atoms with E-state index in [-0.39, 0.29) is 52.3 Å². The van der Waals surface area contributed by atoms with E-state index in [2.05, 4.69) is 174 Å². The van der Waals surface area contributed by atoms with Gasteiger partial charge in [-0.05, 0) is 162 Å². The Morgan fingerprint density at radius 1 is 0.471 bits per heavy atom. The lowest BCUT2D eigenvalue weighted by Crippen LogP contribution is -2.44. The molecule has 0 aromatic heterocycles. The maximum Gasteiger partial charge on any atom is 0.475 e. The Bertz CT molecular complexity index is 2170. The molecule has 0 saturated heterocycles. The second-order valence-electron chi connectivity index (χ2n) is 24.6. The van der Waals surface area contributed by atoms with E-state index in [4.69, 9.17) is 13.6 Å². The lowest BCUT2D eigenvalue weighted by atomic mass is 9.62. The Labute approximate surface area is 413 Å². The van der Waals surface area contributed by atoms with Gasteiger partial charge in [0.15, 0.2) is 0 Å². The molecule has 3 fully saturated rings. The lowest BCUT2D eigenvalue weighted by molar-refractivity contribution is -0.0725. The summed E-state index contributed by atoms with van der Waals surface area (Å²) < 4.78 is 39.5. The molecular formula is C63H87O4P. The third-order valence-electron chi connectivity index (χ3n) is 19.3. The van der Waals surface area contributed by atoms with Crippen LogP contribution in [-0.2, 0) is 18.1 Å². The number of benzene rings is 3. The van der Waals surface area contributed by atoms with Crippen LogP contribution in [0.2, 0.25) is 0 Å². The van der Waals surface area contributed by atoms with Gasteiger partial charge in [-0.2, -0.15) is 0 Å². The number of fused-ring (bicyclic) bond motifs is 3. The average molecular weight is 939 g/mol. The van der Waals surface area contributed by atoms with Crippen molar-refractivity contribution in [1.29, 1.82) is 0 Å². The van der Waals surface area contributed by atoms with Gasteiger partial charge in [0.1, 0.15) is 0 Å². The Balaban J connectivity index is 1.10. The van der Waals surface area contributed by atoms with Crippen molar-refractivity contribution in [3.63, 3.8) is 0 Å². The third-order valence-corrected chi connectivity index (χ3v) is 20.9. The quantitative estimate of drug-likeness (QED) is 0.142. The fourth-order valence-electron chi connectivity index (χ4n) is 15.4. The molecule has 12 unspecified atom stereocenters. The van der Waals surface area contributed by atoms with Gasteiger partial charge in [0, 0.05) is 17.8 Å². The molecule has 0 heterocycles. The minimum absolute atomic E-state index is 0.105. The molecule has 68 heavy (non-hydrogen) atoms. The molecule has 6 aliphatic carbocycles. The van der Waals surface area contributed by atoms with Crippen molar-refractivity contribution in [3.05, 3.63) is 123 Å². The summed E-state index contributed by atoms with van der Waals surface area (Å²) in [6.45, 7) is 28.5. The Morgan fingerprint density at radius 2 is 0.735 bits per heavy atom. The topological polar surface area (TPSA) is 44.8 Å². The first kappa shape index (κ1) is 50.0. The maximum atomic E-state index is 16.9. The molecule has 5 heteroatoms. The predicted molar refractivity (Wildman–Crippen MR) is 285 cm³/mol. The van der Waals surface area contributed by atoms with E-state index in [0.29, 0.717) is 35.5 Å². The Kier molecular flexibility index (Phi) is 14.4. The summed E-state index contributed by atoms with van der Waals surface area (Å²) in [5.41, 5.74) is 12.7. The minimum atomic E-state index is -4.22. The van der Waals surface area contributed by atoms with Crippen molar-refractivity contribution in [2.45, 2.75) is 196 Å².